The van der Waals surface area contributed by atoms with E-state index in [1.807, 2.05) is 21.1 Å². The normalized spacial score (nSPS) is 14.0. The van der Waals surface area contributed by atoms with E-state index in [0.29, 0.717) is 24.1 Å². The number of hydrogen-bond acceptors (Lipinski definition) is 7. The number of phosphoric acid groups is 1. The summed E-state index contributed by atoms with van der Waals surface area (Å²) in [5, 5.41) is 0. The Morgan fingerprint density at radius 2 is 1.00 bits per heavy atom. The molecule has 8 nitrogen and oxygen atoms in total. The van der Waals surface area contributed by atoms with Crippen molar-refractivity contribution in [2.45, 2.75) is 193 Å². The first kappa shape index (κ1) is 51.0. The molecule has 0 aliphatic carbocycles. The van der Waals surface area contributed by atoms with E-state index in [9.17, 15) is 14.3 Å². The lowest BCUT2D eigenvalue weighted by molar-refractivity contribution is -0.870. The molecule has 0 bridgehead atoms. The number of esters is 1. The van der Waals surface area contributed by atoms with Gasteiger partial charge >= 0.3 is 5.97 Å². The smallest absolute Gasteiger partial charge is 0.306 e. The van der Waals surface area contributed by atoms with Gasteiger partial charge in [0, 0.05) is 13.0 Å². The number of rotatable bonds is 40. The number of hydrogen-bond donors (Lipinski definition) is 0. The standard InChI is InChI=1S/C43H84NO7P/c1-6-8-10-12-14-16-18-20-22-24-26-28-30-32-34-36-43(45)51-42(41-50-52(46,47)49-39-37-44(3,4)5)40-48-38-35-33-31-29-27-25-23-21-19-17-15-13-11-9-7-2/h19-22,42H,6-18,23-41H2,1-5H3/b21-19-,22-20-. The molecule has 0 aromatic heterocycles. The molecule has 0 N–H and O–H groups in total. The molecule has 0 heterocycles. The fourth-order valence-corrected chi connectivity index (χ4v) is 6.56. The number of allylic oxidation sites excluding steroid dienone is 4. The van der Waals surface area contributed by atoms with E-state index < -0.39 is 13.9 Å². The van der Waals surface area contributed by atoms with Crippen LogP contribution in [0.5, 0.6) is 0 Å². The van der Waals surface area contributed by atoms with E-state index in [0.717, 1.165) is 44.9 Å². The summed E-state index contributed by atoms with van der Waals surface area (Å²) >= 11 is 0. The molecule has 0 aromatic carbocycles. The van der Waals surface area contributed by atoms with Crippen molar-refractivity contribution in [1.82, 2.24) is 0 Å². The number of phosphoric ester groups is 1. The van der Waals surface area contributed by atoms with Crippen LogP contribution in [-0.4, -0.2) is 70.7 Å². The van der Waals surface area contributed by atoms with E-state index >= 15 is 0 Å². The molecule has 2 atom stereocenters. The first-order valence-electron chi connectivity index (χ1n) is 21.6. The molecule has 0 amide bonds. The molecule has 0 aliphatic rings. The van der Waals surface area contributed by atoms with Gasteiger partial charge in [0.25, 0.3) is 7.82 Å². The topological polar surface area (TPSA) is 94.1 Å². The molecule has 0 radical (unpaired) electrons. The number of unbranched alkanes of at least 4 members (excludes halogenated alkanes) is 22. The van der Waals surface area contributed by atoms with Crippen molar-refractivity contribution in [3.63, 3.8) is 0 Å². The Hall–Kier alpha value is -1.02. The molecular weight excluding hydrogens is 673 g/mol. The minimum absolute atomic E-state index is 0.0244. The molecule has 308 valence electrons. The molecule has 0 rings (SSSR count). The summed E-state index contributed by atoms with van der Waals surface area (Å²) in [6, 6.07) is 0. The van der Waals surface area contributed by atoms with Crippen LogP contribution in [0.1, 0.15) is 187 Å². The molecular formula is C43H84NO7P. The van der Waals surface area contributed by atoms with Crippen molar-refractivity contribution in [2.24, 2.45) is 0 Å². The van der Waals surface area contributed by atoms with Crippen LogP contribution in [0.3, 0.4) is 0 Å². The summed E-state index contributed by atoms with van der Waals surface area (Å²) in [6.45, 7) is 5.38. The maximum Gasteiger partial charge on any atom is 0.306 e. The monoisotopic (exact) mass is 758 g/mol. The third kappa shape index (κ3) is 40.2. The number of likely N-dealkylation sites (N-methyl/N-ethyl adjacent to an activating group) is 1. The predicted octanol–water partition coefficient (Wildman–Crippen LogP) is 11.8. The third-order valence-corrected chi connectivity index (χ3v) is 10.2. The van der Waals surface area contributed by atoms with Crippen LogP contribution in [0.4, 0.5) is 0 Å². The average Bonchev–Trinajstić information content (AvgIpc) is 3.09. The molecule has 0 aromatic rings. The van der Waals surface area contributed by atoms with Crippen molar-refractivity contribution in [1.29, 1.82) is 0 Å². The fraction of sp³-hybridized carbons (Fsp3) is 0.884. The highest BCUT2D eigenvalue weighted by atomic mass is 31.2. The van der Waals surface area contributed by atoms with Gasteiger partial charge in [-0.1, -0.05) is 141 Å². The van der Waals surface area contributed by atoms with E-state index in [2.05, 4.69) is 38.2 Å². The highest BCUT2D eigenvalue weighted by Gasteiger charge is 2.20. The van der Waals surface area contributed by atoms with Gasteiger partial charge in [0.05, 0.1) is 34.4 Å². The van der Waals surface area contributed by atoms with Crippen LogP contribution in [0.25, 0.3) is 0 Å². The second-order valence-corrected chi connectivity index (χ2v) is 17.1. The van der Waals surface area contributed by atoms with Crippen molar-refractivity contribution in [2.75, 3.05) is 54.1 Å². The summed E-state index contributed by atoms with van der Waals surface area (Å²) in [6.07, 6.45) is 40.4. The predicted molar refractivity (Wildman–Crippen MR) is 217 cm³/mol. The fourth-order valence-electron chi connectivity index (χ4n) is 5.83. The Morgan fingerprint density at radius 1 is 0.577 bits per heavy atom. The average molecular weight is 758 g/mol. The highest BCUT2D eigenvalue weighted by molar-refractivity contribution is 7.45. The lowest BCUT2D eigenvalue weighted by Crippen LogP contribution is -2.37. The first-order chi connectivity index (χ1) is 25.1. The molecule has 0 saturated heterocycles. The van der Waals surface area contributed by atoms with E-state index in [1.165, 1.54) is 122 Å². The quantitative estimate of drug-likeness (QED) is 0.0202. The SMILES string of the molecule is CCCCCCC/C=C\CCCCCCCCOCC(COP(=O)([O-])OCC[N+](C)(C)C)OC(=O)CCCCCCC/C=C\CCCCCCCC. The van der Waals surface area contributed by atoms with Crippen LogP contribution in [0.15, 0.2) is 24.3 Å². The summed E-state index contributed by atoms with van der Waals surface area (Å²) in [4.78, 5) is 25.0. The van der Waals surface area contributed by atoms with Crippen molar-refractivity contribution in [3.8, 4) is 0 Å². The Labute approximate surface area is 322 Å². The van der Waals surface area contributed by atoms with Crippen LogP contribution < -0.4 is 4.89 Å². The molecule has 2 unspecified atom stereocenters. The van der Waals surface area contributed by atoms with Gasteiger partial charge in [0.15, 0.2) is 0 Å². The Morgan fingerprint density at radius 3 is 1.46 bits per heavy atom. The molecule has 52 heavy (non-hydrogen) atoms. The Balaban J connectivity index is 4.26. The van der Waals surface area contributed by atoms with E-state index in [4.69, 9.17) is 18.5 Å². The second kappa shape index (κ2) is 36.9. The largest absolute Gasteiger partial charge is 0.756 e. The second-order valence-electron chi connectivity index (χ2n) is 15.7. The zero-order chi connectivity index (χ0) is 38.4. The number of carbonyl (C=O) groups excluding carboxylic acids is 1. The molecule has 9 heteroatoms. The van der Waals surface area contributed by atoms with Gasteiger partial charge in [0.2, 0.25) is 0 Å². The van der Waals surface area contributed by atoms with Gasteiger partial charge in [-0.25, -0.2) is 0 Å². The van der Waals surface area contributed by atoms with Crippen LogP contribution in [0.2, 0.25) is 0 Å². The number of quaternary nitrogens is 1. The van der Waals surface area contributed by atoms with Crippen LogP contribution in [0, 0.1) is 0 Å². The maximum atomic E-state index is 12.6. The zero-order valence-electron chi connectivity index (χ0n) is 34.8. The van der Waals surface area contributed by atoms with Gasteiger partial charge in [-0.05, 0) is 64.2 Å². The van der Waals surface area contributed by atoms with E-state index in [1.54, 1.807) is 0 Å². The Bertz CT molecular complexity index is 889. The van der Waals surface area contributed by atoms with Gasteiger partial charge in [-0.15, -0.1) is 0 Å². The Kier molecular flexibility index (Phi) is 36.2. The highest BCUT2D eigenvalue weighted by Crippen LogP contribution is 2.38. The van der Waals surface area contributed by atoms with E-state index in [-0.39, 0.29) is 25.8 Å². The third-order valence-electron chi connectivity index (χ3n) is 9.23. The van der Waals surface area contributed by atoms with Crippen molar-refractivity contribution < 1.29 is 37.3 Å². The molecule has 0 fully saturated rings. The number of nitrogens with zero attached hydrogens (tertiary/aromatic N) is 1. The van der Waals surface area contributed by atoms with Gasteiger partial charge < -0.3 is 27.9 Å². The minimum Gasteiger partial charge on any atom is -0.756 e. The first-order valence-corrected chi connectivity index (χ1v) is 23.0. The van der Waals surface area contributed by atoms with Gasteiger partial charge in [-0.2, -0.15) is 0 Å². The lowest BCUT2D eigenvalue weighted by atomic mass is 10.1. The minimum atomic E-state index is -4.52. The van der Waals surface area contributed by atoms with Gasteiger partial charge in [-0.3, -0.25) is 9.36 Å². The molecule has 0 saturated carbocycles. The number of carbonyl (C=O) groups is 1. The number of ether oxygens (including phenoxy) is 2. The van der Waals surface area contributed by atoms with Crippen molar-refractivity contribution >= 4 is 13.8 Å². The summed E-state index contributed by atoms with van der Waals surface area (Å²) in [5.74, 6) is -0.344. The zero-order valence-corrected chi connectivity index (χ0v) is 35.7. The lowest BCUT2D eigenvalue weighted by Gasteiger charge is -2.28. The van der Waals surface area contributed by atoms with Crippen LogP contribution >= 0.6 is 7.82 Å². The van der Waals surface area contributed by atoms with Gasteiger partial charge in [0.1, 0.15) is 19.3 Å². The molecule has 0 aliphatic heterocycles. The summed E-state index contributed by atoms with van der Waals surface area (Å²) in [5.41, 5.74) is 0. The van der Waals surface area contributed by atoms with Crippen molar-refractivity contribution in [3.05, 3.63) is 24.3 Å². The van der Waals surface area contributed by atoms with Crippen LogP contribution in [-0.2, 0) is 27.9 Å². The summed E-state index contributed by atoms with van der Waals surface area (Å²) in [7, 11) is 1.35. The summed E-state index contributed by atoms with van der Waals surface area (Å²) < 4.78 is 34.5. The molecule has 0 spiro atoms. The maximum absolute atomic E-state index is 12.6.